The van der Waals surface area contributed by atoms with Crippen LogP contribution in [-0.2, 0) is 14.4 Å². The lowest BCUT2D eigenvalue weighted by atomic mass is 9.82. The largest absolute Gasteiger partial charge is 0.481 e. The third-order valence-corrected chi connectivity index (χ3v) is 3.68. The molecule has 0 aromatic heterocycles. The average molecular weight is 280 g/mol. The van der Waals surface area contributed by atoms with Gasteiger partial charge in [0.15, 0.2) is 11.6 Å². The molecule has 1 aliphatic rings. The van der Waals surface area contributed by atoms with Gasteiger partial charge in [0.05, 0.1) is 6.10 Å². The number of aliphatic hydroxyl groups excluding tert-OH is 1. The minimum absolute atomic E-state index is 0.0374. The summed E-state index contributed by atoms with van der Waals surface area (Å²) >= 11 is 0. The van der Waals surface area contributed by atoms with Crippen LogP contribution in [0.1, 0.15) is 46.5 Å². The van der Waals surface area contributed by atoms with Crippen molar-refractivity contribution in [2.24, 2.45) is 0 Å². The molecule has 0 fully saturated rings. The van der Waals surface area contributed by atoms with E-state index in [9.17, 15) is 19.5 Å². The number of carboxylic acids is 1. The third-order valence-electron chi connectivity index (χ3n) is 3.68. The van der Waals surface area contributed by atoms with Gasteiger partial charge in [0.25, 0.3) is 0 Å². The molecule has 5 nitrogen and oxygen atoms in total. The van der Waals surface area contributed by atoms with Crippen molar-refractivity contribution in [1.82, 2.24) is 0 Å². The summed E-state index contributed by atoms with van der Waals surface area (Å²) in [5, 5.41) is 18.6. The summed E-state index contributed by atoms with van der Waals surface area (Å²) in [5.74, 6) is -1.37. The molecule has 1 aliphatic carbocycles. The van der Waals surface area contributed by atoms with E-state index in [1.165, 1.54) is 0 Å². The summed E-state index contributed by atoms with van der Waals surface area (Å²) < 4.78 is 0. The van der Waals surface area contributed by atoms with Gasteiger partial charge in [-0.05, 0) is 40.0 Å². The number of allylic oxidation sites excluding steroid dienone is 3. The number of unbranched alkanes of at least 4 members (excludes halogenated alkanes) is 1. The molecule has 0 radical (unpaired) electrons. The Morgan fingerprint density at radius 1 is 1.00 bits per heavy atom. The first-order valence-electron chi connectivity index (χ1n) is 6.64. The summed E-state index contributed by atoms with van der Waals surface area (Å²) in [6.45, 7) is 4.74. The molecule has 0 bridgehead atoms. The predicted octanol–water partition coefficient (Wildman–Crippen LogP) is 1.80. The molecule has 0 heterocycles. The molecule has 0 aliphatic heterocycles. The number of aliphatic hydroxyl groups is 1. The highest BCUT2D eigenvalue weighted by atomic mass is 16.4. The lowest BCUT2D eigenvalue weighted by Gasteiger charge is -2.22. The van der Waals surface area contributed by atoms with Gasteiger partial charge < -0.3 is 10.2 Å². The first kappa shape index (κ1) is 16.3. The van der Waals surface area contributed by atoms with E-state index >= 15 is 0 Å². The summed E-state index contributed by atoms with van der Waals surface area (Å²) in [5.41, 5.74) is 1.26. The maximum Gasteiger partial charge on any atom is 0.303 e. The van der Waals surface area contributed by atoms with Gasteiger partial charge in [-0.3, -0.25) is 14.4 Å². The van der Waals surface area contributed by atoms with Gasteiger partial charge in [-0.2, -0.15) is 0 Å². The Morgan fingerprint density at radius 3 is 2.10 bits per heavy atom. The summed E-state index contributed by atoms with van der Waals surface area (Å²) in [4.78, 5) is 34.5. The van der Waals surface area contributed by atoms with E-state index in [0.29, 0.717) is 29.6 Å². The zero-order valence-corrected chi connectivity index (χ0v) is 12.0. The van der Waals surface area contributed by atoms with Crippen molar-refractivity contribution in [2.75, 3.05) is 0 Å². The molecule has 1 atom stereocenters. The third kappa shape index (κ3) is 3.42. The molecule has 0 aromatic carbocycles. The van der Waals surface area contributed by atoms with Crippen LogP contribution in [0.3, 0.4) is 0 Å². The number of ketones is 2. The van der Waals surface area contributed by atoms with Crippen molar-refractivity contribution in [3.63, 3.8) is 0 Å². The molecule has 110 valence electrons. The quantitative estimate of drug-likeness (QED) is 0.571. The molecule has 20 heavy (non-hydrogen) atoms. The monoisotopic (exact) mass is 280 g/mol. The highest BCUT2D eigenvalue weighted by molar-refractivity contribution is 6.24. The molecule has 1 rings (SSSR count). The normalized spacial score (nSPS) is 17.8. The van der Waals surface area contributed by atoms with Crippen LogP contribution in [0.5, 0.6) is 0 Å². The topological polar surface area (TPSA) is 91.7 Å². The summed E-state index contributed by atoms with van der Waals surface area (Å²) in [6.07, 6.45) is 0.242. The van der Waals surface area contributed by atoms with Gasteiger partial charge in [-0.15, -0.1) is 0 Å². The number of carbonyl (C=O) groups excluding carboxylic acids is 2. The van der Waals surface area contributed by atoms with Gasteiger partial charge in [0, 0.05) is 28.7 Å². The Hall–Kier alpha value is -1.75. The number of Topliss-reactive ketones (excluding diaryl/α,β-unsaturated/α-hetero) is 2. The van der Waals surface area contributed by atoms with Crippen LogP contribution in [0.2, 0.25) is 0 Å². The molecule has 0 amide bonds. The SMILES string of the molecule is CC1=C(C)C(=O)C(C(O)CCCCC(=O)O)=C(C)C1=O. The van der Waals surface area contributed by atoms with Gasteiger partial charge in [-0.1, -0.05) is 0 Å². The van der Waals surface area contributed by atoms with Crippen LogP contribution < -0.4 is 0 Å². The van der Waals surface area contributed by atoms with E-state index in [-0.39, 0.29) is 30.0 Å². The molecule has 0 spiro atoms. The van der Waals surface area contributed by atoms with Crippen LogP contribution in [0.4, 0.5) is 0 Å². The smallest absolute Gasteiger partial charge is 0.303 e. The Bertz CT molecular complexity index is 510. The van der Waals surface area contributed by atoms with Gasteiger partial charge in [0.1, 0.15) is 0 Å². The zero-order chi connectivity index (χ0) is 15.4. The van der Waals surface area contributed by atoms with Gasteiger partial charge in [0.2, 0.25) is 0 Å². The highest BCUT2D eigenvalue weighted by Gasteiger charge is 2.31. The molecule has 0 saturated heterocycles. The van der Waals surface area contributed by atoms with Crippen LogP contribution in [0, 0.1) is 0 Å². The van der Waals surface area contributed by atoms with Gasteiger partial charge in [-0.25, -0.2) is 0 Å². The average Bonchev–Trinajstić information content (AvgIpc) is 2.39. The van der Waals surface area contributed by atoms with Crippen molar-refractivity contribution < 1.29 is 24.6 Å². The summed E-state index contributed by atoms with van der Waals surface area (Å²) in [6, 6.07) is 0. The lowest BCUT2D eigenvalue weighted by molar-refractivity contribution is -0.137. The van der Waals surface area contributed by atoms with E-state index in [0.717, 1.165) is 0 Å². The second-order valence-corrected chi connectivity index (χ2v) is 5.10. The molecule has 1 unspecified atom stereocenters. The first-order valence-corrected chi connectivity index (χ1v) is 6.64. The Morgan fingerprint density at radius 2 is 1.55 bits per heavy atom. The number of rotatable bonds is 6. The first-order chi connectivity index (χ1) is 9.27. The molecular formula is C15H20O5. The number of hydrogen-bond acceptors (Lipinski definition) is 4. The van der Waals surface area contributed by atoms with E-state index in [2.05, 4.69) is 0 Å². The van der Waals surface area contributed by atoms with Crippen molar-refractivity contribution in [3.05, 3.63) is 22.3 Å². The number of carbonyl (C=O) groups is 3. The Labute approximate surface area is 118 Å². The fourth-order valence-corrected chi connectivity index (χ4v) is 2.28. The highest BCUT2D eigenvalue weighted by Crippen LogP contribution is 2.27. The number of aliphatic carboxylic acids is 1. The zero-order valence-electron chi connectivity index (χ0n) is 12.0. The van der Waals surface area contributed by atoms with E-state index in [4.69, 9.17) is 5.11 Å². The van der Waals surface area contributed by atoms with E-state index in [1.54, 1.807) is 20.8 Å². The molecule has 0 saturated carbocycles. The molecular weight excluding hydrogens is 260 g/mol. The van der Waals surface area contributed by atoms with Gasteiger partial charge >= 0.3 is 5.97 Å². The summed E-state index contributed by atoms with van der Waals surface area (Å²) in [7, 11) is 0. The second-order valence-electron chi connectivity index (χ2n) is 5.10. The fraction of sp³-hybridized carbons (Fsp3) is 0.533. The maximum atomic E-state index is 12.2. The minimum Gasteiger partial charge on any atom is -0.481 e. The molecule has 2 N–H and O–H groups in total. The van der Waals surface area contributed by atoms with Crippen LogP contribution in [0.15, 0.2) is 22.3 Å². The van der Waals surface area contributed by atoms with Crippen molar-refractivity contribution >= 4 is 17.5 Å². The number of carboxylic acid groups (broad SMARTS) is 1. The minimum atomic E-state index is -1.01. The van der Waals surface area contributed by atoms with E-state index < -0.39 is 12.1 Å². The Balaban J connectivity index is 2.77. The van der Waals surface area contributed by atoms with Crippen molar-refractivity contribution in [2.45, 2.75) is 52.6 Å². The second kappa shape index (κ2) is 6.61. The van der Waals surface area contributed by atoms with Crippen molar-refractivity contribution in [1.29, 1.82) is 0 Å². The predicted molar refractivity (Wildman–Crippen MR) is 73.2 cm³/mol. The van der Waals surface area contributed by atoms with Crippen molar-refractivity contribution in [3.8, 4) is 0 Å². The van der Waals surface area contributed by atoms with Crippen LogP contribution in [-0.4, -0.2) is 33.9 Å². The molecule has 5 heteroatoms. The van der Waals surface area contributed by atoms with Crippen LogP contribution in [0.25, 0.3) is 0 Å². The Kier molecular flexibility index (Phi) is 5.39. The fourth-order valence-electron chi connectivity index (χ4n) is 2.28. The van der Waals surface area contributed by atoms with Crippen LogP contribution >= 0.6 is 0 Å². The van der Waals surface area contributed by atoms with E-state index in [1.807, 2.05) is 0 Å². The standard InChI is InChI=1S/C15H20O5/c1-8-9(2)15(20)13(10(3)14(8)19)11(16)6-4-5-7-12(17)18/h11,16H,4-7H2,1-3H3,(H,17,18). The maximum absolute atomic E-state index is 12.2. The molecule has 0 aromatic rings. The lowest BCUT2D eigenvalue weighted by Crippen LogP contribution is -2.28. The number of hydrogen-bond donors (Lipinski definition) is 2.